The van der Waals surface area contributed by atoms with E-state index in [1.807, 2.05) is 25.2 Å². The van der Waals surface area contributed by atoms with Crippen molar-refractivity contribution < 1.29 is 9.26 Å². The first-order chi connectivity index (χ1) is 14.2. The van der Waals surface area contributed by atoms with E-state index in [1.54, 1.807) is 0 Å². The summed E-state index contributed by atoms with van der Waals surface area (Å²) in [6, 6.07) is 4.44. The number of guanidine groups is 1. The Hall–Kier alpha value is -1.20. The first-order valence-electron chi connectivity index (χ1n) is 10.7. The molecular formula is C21H34IN5O2S. The highest BCUT2D eigenvalue weighted by Crippen LogP contribution is 2.41. The average molecular weight is 548 g/mol. The van der Waals surface area contributed by atoms with Crippen LogP contribution in [0.25, 0.3) is 0 Å². The van der Waals surface area contributed by atoms with E-state index >= 15 is 0 Å². The van der Waals surface area contributed by atoms with Gasteiger partial charge in [0.15, 0.2) is 11.8 Å². The number of hydrogen-bond donors (Lipinski definition) is 2. The fraction of sp³-hybridized carbons (Fsp3) is 0.667. The second kappa shape index (κ2) is 12.6. The van der Waals surface area contributed by atoms with E-state index in [0.29, 0.717) is 24.9 Å². The molecule has 0 aromatic carbocycles. The van der Waals surface area contributed by atoms with Gasteiger partial charge < -0.3 is 19.9 Å². The van der Waals surface area contributed by atoms with Crippen molar-refractivity contribution in [1.82, 2.24) is 20.8 Å². The summed E-state index contributed by atoms with van der Waals surface area (Å²) in [6.07, 6.45) is 6.18. The minimum absolute atomic E-state index is 0. The highest BCUT2D eigenvalue weighted by Gasteiger charge is 2.34. The molecule has 0 bridgehead atoms. The van der Waals surface area contributed by atoms with Crippen LogP contribution in [0.3, 0.4) is 0 Å². The Morgan fingerprint density at radius 3 is 2.77 bits per heavy atom. The molecular weight excluding hydrogens is 513 g/mol. The van der Waals surface area contributed by atoms with Gasteiger partial charge in [-0.3, -0.25) is 0 Å². The van der Waals surface area contributed by atoms with E-state index in [4.69, 9.17) is 9.26 Å². The SMILES string of the molecule is CCNC(=NCc1nc(C(C)OCC)no1)NCC1(c2cccs2)CCCCC1.I. The third-order valence-corrected chi connectivity index (χ3v) is 6.55. The van der Waals surface area contributed by atoms with Gasteiger partial charge in [-0.1, -0.05) is 30.5 Å². The maximum atomic E-state index is 5.51. The Balaban J connectivity index is 0.00000320. The molecule has 1 atom stereocenters. The van der Waals surface area contributed by atoms with Gasteiger partial charge in [0.05, 0.1) is 0 Å². The Kier molecular flexibility index (Phi) is 10.5. The molecule has 0 radical (unpaired) electrons. The summed E-state index contributed by atoms with van der Waals surface area (Å²) in [4.78, 5) is 10.5. The van der Waals surface area contributed by atoms with Crippen LogP contribution in [0.15, 0.2) is 27.0 Å². The number of aromatic nitrogens is 2. The van der Waals surface area contributed by atoms with E-state index in [-0.39, 0.29) is 35.5 Å². The molecule has 0 spiro atoms. The number of nitrogens with zero attached hydrogens (tertiary/aromatic N) is 3. The molecule has 1 saturated carbocycles. The topological polar surface area (TPSA) is 84.6 Å². The molecule has 0 aliphatic heterocycles. The average Bonchev–Trinajstić information content (AvgIpc) is 3.43. The lowest BCUT2D eigenvalue weighted by molar-refractivity contribution is 0.0683. The molecule has 2 heterocycles. The summed E-state index contributed by atoms with van der Waals surface area (Å²) in [5.41, 5.74) is 0.202. The van der Waals surface area contributed by atoms with Crippen LogP contribution in [-0.4, -0.2) is 35.8 Å². The number of nitrogens with one attached hydrogen (secondary N) is 2. The number of aliphatic imine (C=N–C) groups is 1. The predicted octanol–water partition coefficient (Wildman–Crippen LogP) is 4.80. The number of halogens is 1. The van der Waals surface area contributed by atoms with Crippen molar-refractivity contribution in [3.05, 3.63) is 34.1 Å². The van der Waals surface area contributed by atoms with Crippen LogP contribution >= 0.6 is 35.3 Å². The van der Waals surface area contributed by atoms with Gasteiger partial charge in [0.25, 0.3) is 0 Å². The third-order valence-electron chi connectivity index (χ3n) is 5.43. The van der Waals surface area contributed by atoms with Gasteiger partial charge in [-0.2, -0.15) is 4.98 Å². The molecule has 168 valence electrons. The van der Waals surface area contributed by atoms with E-state index in [0.717, 1.165) is 19.0 Å². The minimum Gasteiger partial charge on any atom is -0.371 e. The highest BCUT2D eigenvalue weighted by molar-refractivity contribution is 14.0. The van der Waals surface area contributed by atoms with Crippen molar-refractivity contribution in [2.75, 3.05) is 19.7 Å². The Morgan fingerprint density at radius 1 is 1.30 bits per heavy atom. The molecule has 30 heavy (non-hydrogen) atoms. The van der Waals surface area contributed by atoms with Crippen molar-refractivity contribution in [1.29, 1.82) is 0 Å². The smallest absolute Gasteiger partial charge is 0.248 e. The lowest BCUT2D eigenvalue weighted by Crippen LogP contribution is -2.46. The lowest BCUT2D eigenvalue weighted by atomic mass is 9.73. The quantitative estimate of drug-likeness (QED) is 0.267. The van der Waals surface area contributed by atoms with Gasteiger partial charge in [0.2, 0.25) is 5.89 Å². The number of hydrogen-bond acceptors (Lipinski definition) is 6. The molecule has 2 aromatic heterocycles. The molecule has 3 rings (SSSR count). The van der Waals surface area contributed by atoms with Gasteiger partial charge in [-0.05, 0) is 45.1 Å². The monoisotopic (exact) mass is 547 g/mol. The normalized spacial score (nSPS) is 17.2. The second-order valence-electron chi connectivity index (χ2n) is 7.51. The van der Waals surface area contributed by atoms with Crippen LogP contribution in [0.1, 0.15) is 75.6 Å². The van der Waals surface area contributed by atoms with E-state index < -0.39 is 0 Å². The van der Waals surface area contributed by atoms with Crippen molar-refractivity contribution in [2.24, 2.45) is 4.99 Å². The zero-order valence-corrected chi connectivity index (χ0v) is 21.3. The Bertz CT molecular complexity index is 759. The molecule has 1 unspecified atom stereocenters. The Labute approximate surface area is 200 Å². The summed E-state index contributed by atoms with van der Waals surface area (Å²) in [5.74, 6) is 1.84. The van der Waals surface area contributed by atoms with Crippen LogP contribution < -0.4 is 10.6 Å². The number of ether oxygens (including phenoxy) is 1. The maximum Gasteiger partial charge on any atom is 0.248 e. The molecule has 0 saturated heterocycles. The molecule has 9 heteroatoms. The van der Waals surface area contributed by atoms with Gasteiger partial charge in [-0.15, -0.1) is 35.3 Å². The van der Waals surface area contributed by atoms with Gasteiger partial charge in [0.1, 0.15) is 12.6 Å². The third kappa shape index (κ3) is 6.65. The van der Waals surface area contributed by atoms with Crippen LogP contribution in [0, 0.1) is 0 Å². The lowest BCUT2D eigenvalue weighted by Gasteiger charge is -2.37. The molecule has 2 aromatic rings. The largest absolute Gasteiger partial charge is 0.371 e. The first-order valence-corrected chi connectivity index (χ1v) is 11.5. The second-order valence-corrected chi connectivity index (χ2v) is 8.46. The summed E-state index contributed by atoms with van der Waals surface area (Å²) in [6.45, 7) is 8.58. The van der Waals surface area contributed by atoms with Gasteiger partial charge in [-0.25, -0.2) is 4.99 Å². The fourth-order valence-electron chi connectivity index (χ4n) is 3.88. The van der Waals surface area contributed by atoms with Crippen molar-refractivity contribution in [3.63, 3.8) is 0 Å². The van der Waals surface area contributed by atoms with E-state index in [1.165, 1.54) is 37.0 Å². The molecule has 1 aliphatic carbocycles. The van der Waals surface area contributed by atoms with Crippen LogP contribution in [0.5, 0.6) is 0 Å². The zero-order valence-electron chi connectivity index (χ0n) is 18.1. The van der Waals surface area contributed by atoms with Crippen LogP contribution in [0.2, 0.25) is 0 Å². The zero-order chi connectivity index (χ0) is 20.5. The minimum atomic E-state index is -0.176. The van der Waals surface area contributed by atoms with E-state index in [2.05, 4.69) is 50.2 Å². The number of rotatable bonds is 9. The maximum absolute atomic E-state index is 5.51. The predicted molar refractivity (Wildman–Crippen MR) is 132 cm³/mol. The van der Waals surface area contributed by atoms with Crippen LogP contribution in [-0.2, 0) is 16.7 Å². The van der Waals surface area contributed by atoms with Crippen molar-refractivity contribution in [2.45, 2.75) is 70.9 Å². The first kappa shape index (κ1) is 25.1. The molecule has 1 aliphatic rings. The Morgan fingerprint density at radius 2 is 2.10 bits per heavy atom. The molecule has 2 N–H and O–H groups in total. The molecule has 7 nitrogen and oxygen atoms in total. The number of thiophene rings is 1. The highest BCUT2D eigenvalue weighted by atomic mass is 127. The van der Waals surface area contributed by atoms with Crippen molar-refractivity contribution in [3.8, 4) is 0 Å². The summed E-state index contributed by atoms with van der Waals surface area (Å²) in [7, 11) is 0. The summed E-state index contributed by atoms with van der Waals surface area (Å²) in [5, 5.41) is 13.1. The fourth-order valence-corrected chi connectivity index (χ4v) is 4.87. The van der Waals surface area contributed by atoms with Gasteiger partial charge in [0, 0.05) is 30.0 Å². The standard InChI is InChI=1S/C21H33N5O2S.HI/c1-4-22-20(23-14-18-25-19(26-28-18)16(3)27-5-2)24-15-21(11-7-6-8-12-21)17-10-9-13-29-17;/h9-10,13,16H,4-8,11-12,14-15H2,1-3H3,(H2,22,23,24);1H. The summed E-state index contributed by atoms with van der Waals surface area (Å²) < 4.78 is 10.8. The van der Waals surface area contributed by atoms with Crippen molar-refractivity contribution >= 4 is 41.3 Å². The van der Waals surface area contributed by atoms with E-state index in [9.17, 15) is 0 Å². The van der Waals surface area contributed by atoms with Gasteiger partial charge >= 0.3 is 0 Å². The molecule has 0 amide bonds. The van der Waals surface area contributed by atoms with Crippen LogP contribution in [0.4, 0.5) is 0 Å². The summed E-state index contributed by atoms with van der Waals surface area (Å²) >= 11 is 1.87. The molecule has 1 fully saturated rings.